The predicted molar refractivity (Wildman–Crippen MR) is 162 cm³/mol. The summed E-state index contributed by atoms with van der Waals surface area (Å²) in [5.74, 6) is 1.52. The Morgan fingerprint density at radius 1 is 1.00 bits per heavy atom. The molecule has 4 N–H and O–H groups in total. The first-order valence-electron chi connectivity index (χ1n) is 14.4. The topological polar surface area (TPSA) is 99.0 Å². The van der Waals surface area contributed by atoms with E-state index in [-0.39, 0.29) is 11.8 Å². The van der Waals surface area contributed by atoms with Gasteiger partial charge < -0.3 is 15.2 Å². The Kier molecular flexibility index (Phi) is 7.55. The van der Waals surface area contributed by atoms with Crippen LogP contribution in [0, 0.1) is 18.8 Å². The fraction of sp³-hybridized carbons (Fsp3) is 0.424. The second kappa shape index (κ2) is 11.1. The van der Waals surface area contributed by atoms with Gasteiger partial charge in [0.25, 0.3) is 0 Å². The van der Waals surface area contributed by atoms with Gasteiger partial charge in [-0.2, -0.15) is 10.6 Å². The van der Waals surface area contributed by atoms with E-state index in [4.69, 9.17) is 4.74 Å². The van der Waals surface area contributed by atoms with Gasteiger partial charge in [0.05, 0.1) is 12.5 Å². The molecule has 0 bridgehead atoms. The molecule has 1 heterocycles. The number of carboxylic acids is 1. The lowest BCUT2D eigenvalue weighted by atomic mass is 9.91. The molecule has 2 unspecified atom stereocenters. The van der Waals surface area contributed by atoms with E-state index in [0.29, 0.717) is 24.0 Å². The number of aliphatic carboxylic acids is 1. The van der Waals surface area contributed by atoms with Crippen molar-refractivity contribution in [1.29, 1.82) is 0 Å². The van der Waals surface area contributed by atoms with Crippen LogP contribution in [0.1, 0.15) is 59.4 Å². The first-order valence-corrected chi connectivity index (χ1v) is 16.3. The van der Waals surface area contributed by atoms with Crippen molar-refractivity contribution in [2.75, 3.05) is 23.4 Å². The van der Waals surface area contributed by atoms with Crippen molar-refractivity contribution in [2.45, 2.75) is 57.9 Å². The lowest BCUT2D eigenvalue weighted by Crippen LogP contribution is -2.24. The van der Waals surface area contributed by atoms with Gasteiger partial charge in [0.1, 0.15) is 5.75 Å². The fourth-order valence-electron chi connectivity index (χ4n) is 6.37. The van der Waals surface area contributed by atoms with Gasteiger partial charge in [-0.15, -0.1) is 0 Å². The third kappa shape index (κ3) is 6.02. The minimum atomic E-state index is -2.36. The molecule has 1 saturated carbocycles. The van der Waals surface area contributed by atoms with Crippen LogP contribution in [0.2, 0.25) is 0 Å². The van der Waals surface area contributed by atoms with Crippen molar-refractivity contribution < 1.29 is 23.7 Å². The number of carbonyl (C=O) groups is 1. The van der Waals surface area contributed by atoms with Crippen molar-refractivity contribution in [3.8, 4) is 16.9 Å². The van der Waals surface area contributed by atoms with Gasteiger partial charge >= 0.3 is 5.97 Å². The average Bonchev–Trinajstić information content (AvgIpc) is 3.75. The molecule has 1 aliphatic heterocycles. The molecule has 7 heteroatoms. The molecule has 0 spiro atoms. The minimum absolute atomic E-state index is 0.154. The summed E-state index contributed by atoms with van der Waals surface area (Å²) in [4.78, 5) is 11.2. The van der Waals surface area contributed by atoms with Crippen LogP contribution in [-0.4, -0.2) is 38.3 Å². The molecule has 1 saturated heterocycles. The molecule has 2 aliphatic carbocycles. The number of carboxylic acid groups (broad SMARTS) is 1. The maximum Gasteiger partial charge on any atom is 0.307 e. The van der Waals surface area contributed by atoms with Gasteiger partial charge in [0.15, 0.2) is 0 Å². The molecule has 2 atom stereocenters. The van der Waals surface area contributed by atoms with Crippen molar-refractivity contribution in [3.05, 3.63) is 82.4 Å². The number of rotatable bonds is 8. The molecule has 40 heavy (non-hydrogen) atoms. The number of nitrogens with one attached hydrogen (secondary N) is 1. The Morgan fingerprint density at radius 3 is 2.48 bits per heavy atom. The molecule has 2 fully saturated rings. The molecule has 6 nitrogen and oxygen atoms in total. The molecule has 212 valence electrons. The van der Waals surface area contributed by atoms with Gasteiger partial charge in [-0.25, -0.2) is 0 Å². The number of benzene rings is 3. The molecule has 0 amide bonds. The fourth-order valence-corrected chi connectivity index (χ4v) is 8.00. The largest absolute Gasteiger partial charge is 0.493 e. The highest BCUT2D eigenvalue weighted by atomic mass is 32.3. The lowest BCUT2D eigenvalue weighted by molar-refractivity contribution is -0.138. The van der Waals surface area contributed by atoms with Gasteiger partial charge in [0, 0.05) is 23.7 Å². The maximum absolute atomic E-state index is 11.2. The van der Waals surface area contributed by atoms with Crippen LogP contribution in [0.15, 0.2) is 54.6 Å². The monoisotopic (exact) mass is 561 g/mol. The van der Waals surface area contributed by atoms with Gasteiger partial charge in [-0.1, -0.05) is 24.3 Å². The predicted octanol–water partition coefficient (Wildman–Crippen LogP) is 7.49. The highest BCUT2D eigenvalue weighted by molar-refractivity contribution is 8.24. The Balaban J connectivity index is 1.14. The third-order valence-electron chi connectivity index (χ3n) is 8.86. The van der Waals surface area contributed by atoms with E-state index in [1.807, 2.05) is 12.1 Å². The second-order valence-electron chi connectivity index (χ2n) is 11.8. The van der Waals surface area contributed by atoms with Gasteiger partial charge in [-0.3, -0.25) is 13.9 Å². The van der Waals surface area contributed by atoms with E-state index in [2.05, 4.69) is 54.7 Å². The SMILES string of the molecule is Cc1cc(OCC2CCS(O)(O)CC2)cc2c1-c1cc(CNc3ccc(C4CC4C(=O)O)cc3)ccc1CCC2. The number of hydrogen-bond acceptors (Lipinski definition) is 5. The van der Waals surface area contributed by atoms with Crippen molar-refractivity contribution in [3.63, 3.8) is 0 Å². The quantitative estimate of drug-likeness (QED) is 0.227. The van der Waals surface area contributed by atoms with Crippen LogP contribution in [0.5, 0.6) is 5.75 Å². The summed E-state index contributed by atoms with van der Waals surface area (Å²) in [5, 5.41) is 12.7. The van der Waals surface area contributed by atoms with Crippen LogP contribution in [0.25, 0.3) is 11.1 Å². The number of ether oxygens (including phenoxy) is 1. The van der Waals surface area contributed by atoms with E-state index < -0.39 is 16.6 Å². The van der Waals surface area contributed by atoms with Crippen molar-refractivity contribution >= 4 is 22.2 Å². The molecular weight excluding hydrogens is 522 g/mol. The summed E-state index contributed by atoms with van der Waals surface area (Å²) in [7, 11) is -2.36. The zero-order valence-corrected chi connectivity index (χ0v) is 23.9. The van der Waals surface area contributed by atoms with Crippen LogP contribution in [0.4, 0.5) is 5.69 Å². The summed E-state index contributed by atoms with van der Waals surface area (Å²) in [6, 6.07) is 19.4. The van der Waals surface area contributed by atoms with E-state index in [0.717, 1.165) is 62.1 Å². The molecule has 3 aromatic rings. The lowest BCUT2D eigenvalue weighted by Gasteiger charge is -2.39. The number of fused-ring (bicyclic) bond motifs is 3. The minimum Gasteiger partial charge on any atom is -0.493 e. The Morgan fingerprint density at radius 2 is 1.75 bits per heavy atom. The molecule has 6 rings (SSSR count). The van der Waals surface area contributed by atoms with Crippen LogP contribution in [-0.2, 0) is 24.2 Å². The van der Waals surface area contributed by atoms with Crippen molar-refractivity contribution in [1.82, 2.24) is 0 Å². The summed E-state index contributed by atoms with van der Waals surface area (Å²) in [6.07, 6.45) is 5.55. The number of aryl methyl sites for hydroxylation is 3. The van der Waals surface area contributed by atoms with Gasteiger partial charge in [-0.05, 0) is 127 Å². The van der Waals surface area contributed by atoms with Crippen LogP contribution in [0.3, 0.4) is 0 Å². The van der Waals surface area contributed by atoms with Gasteiger partial charge in [0.2, 0.25) is 0 Å². The number of hydrogen-bond donors (Lipinski definition) is 4. The zero-order chi connectivity index (χ0) is 27.9. The molecule has 3 aromatic carbocycles. The highest BCUT2D eigenvalue weighted by Crippen LogP contribution is 2.48. The second-order valence-corrected chi connectivity index (χ2v) is 14.3. The first kappa shape index (κ1) is 27.2. The first-order chi connectivity index (χ1) is 19.3. The number of anilines is 1. The Bertz CT molecular complexity index is 1390. The van der Waals surface area contributed by atoms with E-state index in [9.17, 15) is 19.0 Å². The molecule has 3 aliphatic rings. The standard InChI is InChI=1S/C33H39NO5S/c1-21-15-28(39-20-22-11-13-40(37,38)14-12-22)17-26-4-2-3-24-6-5-23(16-30(24)32(21)26)19-34-27-9-7-25(8-10-27)29-18-31(29)33(35)36/h5-10,15-17,22,29,31,34,37-38H,2-4,11-14,18-20H2,1H3,(H,35,36). The maximum atomic E-state index is 11.2. The van der Waals surface area contributed by atoms with E-state index >= 15 is 0 Å². The van der Waals surface area contributed by atoms with Crippen molar-refractivity contribution in [2.24, 2.45) is 11.8 Å². The molecule has 0 radical (unpaired) electrons. The smallest absolute Gasteiger partial charge is 0.307 e. The molecular formula is C33H39NO5S. The van der Waals surface area contributed by atoms with E-state index in [1.54, 1.807) is 0 Å². The normalized spacial score (nSPS) is 22.4. The summed E-state index contributed by atoms with van der Waals surface area (Å²) in [6.45, 7) is 3.52. The zero-order valence-electron chi connectivity index (χ0n) is 23.1. The average molecular weight is 562 g/mol. The molecule has 0 aromatic heterocycles. The van der Waals surface area contributed by atoms with Crippen LogP contribution >= 0.6 is 10.6 Å². The summed E-state index contributed by atoms with van der Waals surface area (Å²) in [5.41, 5.74) is 9.98. The Hall–Kier alpha value is -3.00. The van der Waals surface area contributed by atoms with E-state index in [1.165, 1.54) is 33.4 Å². The Labute approximate surface area is 238 Å². The third-order valence-corrected chi connectivity index (χ3v) is 10.6. The summed E-state index contributed by atoms with van der Waals surface area (Å²) >= 11 is 0. The highest BCUT2D eigenvalue weighted by Gasteiger charge is 2.44. The summed E-state index contributed by atoms with van der Waals surface area (Å²) < 4.78 is 26.0. The van der Waals surface area contributed by atoms with Crippen LogP contribution < -0.4 is 10.1 Å².